The maximum atomic E-state index is 12.0. The minimum Gasteiger partial charge on any atom is -0.396 e. The molecule has 2 rings (SSSR count). The Labute approximate surface area is 113 Å². The third-order valence-corrected chi connectivity index (χ3v) is 4.71. The maximum Gasteiger partial charge on any atom is 0.296 e. The van der Waals surface area contributed by atoms with E-state index in [1.165, 1.54) is 12.1 Å². The molecule has 0 radical (unpaired) electrons. The second kappa shape index (κ2) is 5.45. The first-order valence-electron chi connectivity index (χ1n) is 6.19. The van der Waals surface area contributed by atoms with Gasteiger partial charge in [0.1, 0.15) is 0 Å². The van der Waals surface area contributed by atoms with Gasteiger partial charge in [-0.3, -0.25) is 4.18 Å². The van der Waals surface area contributed by atoms with Crippen molar-refractivity contribution in [1.29, 1.82) is 0 Å². The quantitative estimate of drug-likeness (QED) is 0.663. The first kappa shape index (κ1) is 14.2. The number of rotatable bonds is 5. The Hall–Kier alpha value is -1.17. The van der Waals surface area contributed by atoms with Gasteiger partial charge in [0.05, 0.1) is 18.1 Å². The van der Waals surface area contributed by atoms with Gasteiger partial charge in [0.2, 0.25) is 0 Å². The van der Waals surface area contributed by atoms with Gasteiger partial charge in [-0.25, -0.2) is 0 Å². The highest BCUT2D eigenvalue weighted by Crippen LogP contribution is 2.33. The highest BCUT2D eigenvalue weighted by Gasteiger charge is 2.33. The second-order valence-electron chi connectivity index (χ2n) is 5.07. The van der Waals surface area contributed by atoms with Crippen LogP contribution in [0.3, 0.4) is 0 Å². The Kier molecular flexibility index (Phi) is 4.08. The van der Waals surface area contributed by atoms with Crippen molar-refractivity contribution in [2.75, 3.05) is 13.2 Å². The van der Waals surface area contributed by atoms with E-state index < -0.39 is 15.5 Å². The summed E-state index contributed by atoms with van der Waals surface area (Å²) < 4.78 is 29.2. The lowest BCUT2D eigenvalue weighted by Crippen LogP contribution is -2.29. The molecule has 1 aromatic rings. The molecule has 0 saturated heterocycles. The molecule has 0 unspecified atom stereocenters. The highest BCUT2D eigenvalue weighted by molar-refractivity contribution is 7.86. The van der Waals surface area contributed by atoms with E-state index in [9.17, 15) is 13.5 Å². The molecule has 1 N–H and O–H groups in total. The Morgan fingerprint density at radius 1 is 1.21 bits per heavy atom. The molecule has 0 amide bonds. The average molecular weight is 282 g/mol. The van der Waals surface area contributed by atoms with Crippen molar-refractivity contribution in [3.05, 3.63) is 42.0 Å². The van der Waals surface area contributed by atoms with Crippen LogP contribution in [0.25, 0.3) is 0 Å². The third kappa shape index (κ3) is 3.23. The van der Waals surface area contributed by atoms with Crippen molar-refractivity contribution in [2.45, 2.75) is 24.7 Å². The maximum absolute atomic E-state index is 12.0. The minimum absolute atomic E-state index is 0.00666. The van der Waals surface area contributed by atoms with E-state index in [0.717, 1.165) is 5.56 Å². The zero-order valence-electron chi connectivity index (χ0n) is 10.9. The average Bonchev–Trinajstić information content (AvgIpc) is 2.87. The van der Waals surface area contributed by atoms with Gasteiger partial charge in [0.15, 0.2) is 0 Å². The van der Waals surface area contributed by atoms with Crippen LogP contribution in [0.2, 0.25) is 0 Å². The molecule has 4 nitrogen and oxygen atoms in total. The third-order valence-electron chi connectivity index (χ3n) is 3.43. The lowest BCUT2D eigenvalue weighted by molar-refractivity contribution is 0.0799. The molecule has 104 valence electrons. The first-order valence-corrected chi connectivity index (χ1v) is 7.60. The Bertz CT molecular complexity index is 550. The van der Waals surface area contributed by atoms with Gasteiger partial charge in [-0.1, -0.05) is 29.8 Å². The first-order chi connectivity index (χ1) is 8.97. The van der Waals surface area contributed by atoms with Gasteiger partial charge < -0.3 is 5.11 Å². The lowest BCUT2D eigenvalue weighted by atomic mass is 9.88. The molecule has 0 saturated carbocycles. The minimum atomic E-state index is -3.75. The summed E-state index contributed by atoms with van der Waals surface area (Å²) >= 11 is 0. The van der Waals surface area contributed by atoms with E-state index in [0.29, 0.717) is 12.8 Å². The smallest absolute Gasteiger partial charge is 0.296 e. The molecule has 5 heteroatoms. The standard InChI is InChI=1S/C14H18O4S/c1-12-4-6-13(7-5-12)19(16,17)18-11-14(10-15)8-2-3-9-14/h2-7,15H,8-11H2,1H3. The molecule has 19 heavy (non-hydrogen) atoms. The van der Waals surface area contributed by atoms with E-state index in [1.807, 2.05) is 19.1 Å². The molecule has 0 heterocycles. The van der Waals surface area contributed by atoms with Crippen molar-refractivity contribution < 1.29 is 17.7 Å². The predicted molar refractivity (Wildman–Crippen MR) is 72.2 cm³/mol. The van der Waals surface area contributed by atoms with Gasteiger partial charge in [-0.15, -0.1) is 0 Å². The number of hydrogen-bond donors (Lipinski definition) is 1. The number of benzene rings is 1. The van der Waals surface area contributed by atoms with Crippen LogP contribution in [0.15, 0.2) is 41.3 Å². The molecule has 0 aliphatic heterocycles. The SMILES string of the molecule is Cc1ccc(S(=O)(=O)OCC2(CO)CC=CC2)cc1. The summed E-state index contributed by atoms with van der Waals surface area (Å²) in [4.78, 5) is 0.150. The van der Waals surface area contributed by atoms with E-state index in [4.69, 9.17) is 4.18 Å². The van der Waals surface area contributed by atoms with Crippen LogP contribution in [0.4, 0.5) is 0 Å². The summed E-state index contributed by atoms with van der Waals surface area (Å²) in [7, 11) is -3.75. The van der Waals surface area contributed by atoms with Crippen LogP contribution < -0.4 is 0 Å². The fourth-order valence-electron chi connectivity index (χ4n) is 2.02. The van der Waals surface area contributed by atoms with Crippen LogP contribution in [-0.2, 0) is 14.3 Å². The van der Waals surface area contributed by atoms with Crippen LogP contribution in [0, 0.1) is 12.3 Å². The van der Waals surface area contributed by atoms with Gasteiger partial charge >= 0.3 is 0 Å². The Morgan fingerprint density at radius 2 is 1.79 bits per heavy atom. The number of aliphatic hydroxyl groups is 1. The summed E-state index contributed by atoms with van der Waals surface area (Å²) in [5.74, 6) is 0. The second-order valence-corrected chi connectivity index (χ2v) is 6.68. The van der Waals surface area contributed by atoms with Gasteiger partial charge in [0.25, 0.3) is 10.1 Å². The molecule has 1 aliphatic carbocycles. The molecule has 1 aliphatic rings. The lowest BCUT2D eigenvalue weighted by Gasteiger charge is -2.25. The van der Waals surface area contributed by atoms with Crippen molar-refractivity contribution >= 4 is 10.1 Å². The zero-order chi connectivity index (χ0) is 13.9. The fourth-order valence-corrected chi connectivity index (χ4v) is 3.03. The monoisotopic (exact) mass is 282 g/mol. The van der Waals surface area contributed by atoms with Gasteiger partial charge in [-0.05, 0) is 31.9 Å². The Balaban J connectivity index is 2.07. The van der Waals surface area contributed by atoms with Crippen LogP contribution in [-0.4, -0.2) is 26.7 Å². The number of aliphatic hydroxyl groups excluding tert-OH is 1. The zero-order valence-corrected chi connectivity index (χ0v) is 11.7. The fraction of sp³-hybridized carbons (Fsp3) is 0.429. The Morgan fingerprint density at radius 3 is 2.32 bits per heavy atom. The van der Waals surface area contributed by atoms with E-state index in [-0.39, 0.29) is 18.1 Å². The van der Waals surface area contributed by atoms with Crippen molar-refractivity contribution in [3.63, 3.8) is 0 Å². The number of hydrogen-bond acceptors (Lipinski definition) is 4. The van der Waals surface area contributed by atoms with Crippen LogP contribution >= 0.6 is 0 Å². The van der Waals surface area contributed by atoms with Gasteiger partial charge in [-0.2, -0.15) is 8.42 Å². The molecule has 0 spiro atoms. The largest absolute Gasteiger partial charge is 0.396 e. The number of allylic oxidation sites excluding steroid dienone is 2. The van der Waals surface area contributed by atoms with E-state index in [2.05, 4.69) is 0 Å². The van der Waals surface area contributed by atoms with Crippen molar-refractivity contribution in [3.8, 4) is 0 Å². The van der Waals surface area contributed by atoms with E-state index in [1.54, 1.807) is 12.1 Å². The summed E-state index contributed by atoms with van der Waals surface area (Å²) in [5, 5.41) is 9.41. The summed E-state index contributed by atoms with van der Waals surface area (Å²) in [6, 6.07) is 6.52. The predicted octanol–water partition coefficient (Wildman–Crippen LogP) is 2.03. The normalized spacial score (nSPS) is 17.8. The molecular formula is C14H18O4S. The van der Waals surface area contributed by atoms with Crippen LogP contribution in [0.5, 0.6) is 0 Å². The van der Waals surface area contributed by atoms with Crippen LogP contribution in [0.1, 0.15) is 18.4 Å². The van der Waals surface area contributed by atoms with E-state index >= 15 is 0 Å². The molecule has 0 fully saturated rings. The summed E-state index contributed by atoms with van der Waals surface area (Å²) in [5.41, 5.74) is 0.503. The molecule has 1 aromatic carbocycles. The van der Waals surface area contributed by atoms with Gasteiger partial charge in [0, 0.05) is 5.41 Å². The number of aryl methyl sites for hydroxylation is 1. The van der Waals surface area contributed by atoms with Crippen molar-refractivity contribution in [2.24, 2.45) is 5.41 Å². The molecule has 0 bridgehead atoms. The topological polar surface area (TPSA) is 63.6 Å². The molecule has 0 atom stereocenters. The molecule has 0 aromatic heterocycles. The highest BCUT2D eigenvalue weighted by atomic mass is 32.2. The summed E-state index contributed by atoms with van der Waals surface area (Å²) in [6.07, 6.45) is 5.18. The molecular weight excluding hydrogens is 264 g/mol. The summed E-state index contributed by atoms with van der Waals surface area (Å²) in [6.45, 7) is 1.82. The van der Waals surface area contributed by atoms with Crippen molar-refractivity contribution in [1.82, 2.24) is 0 Å².